The van der Waals surface area contributed by atoms with Gasteiger partial charge in [0.05, 0.1) is 9.79 Å². The van der Waals surface area contributed by atoms with Crippen molar-refractivity contribution in [2.45, 2.75) is 9.79 Å². The summed E-state index contributed by atoms with van der Waals surface area (Å²) in [4.78, 5) is -0.0188. The monoisotopic (exact) mass is 262 g/mol. The first-order valence-corrected chi connectivity index (χ1v) is 7.43. The number of rotatable bonds is 3. The van der Waals surface area contributed by atoms with Gasteiger partial charge in [-0.2, -0.15) is 4.31 Å². The summed E-state index contributed by atoms with van der Waals surface area (Å²) in [6.07, 6.45) is 0. The SMILES string of the molecule is NS(=O)(=O)c1ccc(S(=O)(=O)N2CC2)cc1. The van der Waals surface area contributed by atoms with E-state index in [1.54, 1.807) is 0 Å². The lowest BCUT2D eigenvalue weighted by molar-refractivity contribution is 0.562. The summed E-state index contributed by atoms with van der Waals surface area (Å²) >= 11 is 0. The summed E-state index contributed by atoms with van der Waals surface area (Å²) in [5.41, 5.74) is 0. The normalized spacial score (nSPS) is 17.3. The van der Waals surface area contributed by atoms with Gasteiger partial charge in [0, 0.05) is 13.1 Å². The standard InChI is InChI=1S/C8H10N2O4S2/c9-15(11,12)7-1-3-8(4-2-7)16(13,14)10-5-6-10/h1-4H,5-6H2,(H2,9,11,12). The minimum Gasteiger partial charge on any atom is -0.225 e. The Labute approximate surface area is 93.8 Å². The molecule has 0 unspecified atom stereocenters. The zero-order chi connectivity index (χ0) is 12.0. The van der Waals surface area contributed by atoms with Crippen molar-refractivity contribution in [1.29, 1.82) is 0 Å². The predicted molar refractivity (Wildman–Crippen MR) is 56.6 cm³/mol. The maximum absolute atomic E-state index is 11.7. The molecule has 8 heteroatoms. The van der Waals surface area contributed by atoms with E-state index in [2.05, 4.69) is 0 Å². The fourth-order valence-electron chi connectivity index (χ4n) is 1.23. The Morgan fingerprint density at radius 1 is 0.938 bits per heavy atom. The Morgan fingerprint density at radius 3 is 1.75 bits per heavy atom. The van der Waals surface area contributed by atoms with Crippen molar-refractivity contribution in [3.8, 4) is 0 Å². The molecule has 1 heterocycles. The van der Waals surface area contributed by atoms with Crippen LogP contribution in [0.1, 0.15) is 0 Å². The summed E-state index contributed by atoms with van der Waals surface area (Å²) in [5, 5.41) is 4.90. The molecule has 1 aliphatic heterocycles. The van der Waals surface area contributed by atoms with Crippen molar-refractivity contribution in [3.05, 3.63) is 24.3 Å². The van der Waals surface area contributed by atoms with E-state index < -0.39 is 20.0 Å². The number of nitrogens with two attached hydrogens (primary N) is 1. The summed E-state index contributed by atoms with van der Waals surface area (Å²) in [6, 6.07) is 4.86. The molecule has 0 bridgehead atoms. The predicted octanol–water partition coefficient (Wildman–Crippen LogP) is -0.662. The van der Waals surface area contributed by atoms with Gasteiger partial charge in [-0.3, -0.25) is 0 Å². The van der Waals surface area contributed by atoms with E-state index in [0.717, 1.165) is 0 Å². The molecular formula is C8H10N2O4S2. The quantitative estimate of drug-likeness (QED) is 0.731. The van der Waals surface area contributed by atoms with Gasteiger partial charge < -0.3 is 0 Å². The zero-order valence-corrected chi connectivity index (χ0v) is 9.83. The van der Waals surface area contributed by atoms with E-state index in [9.17, 15) is 16.8 Å². The Kier molecular flexibility index (Phi) is 2.54. The van der Waals surface area contributed by atoms with Gasteiger partial charge in [0.15, 0.2) is 0 Å². The van der Waals surface area contributed by atoms with E-state index >= 15 is 0 Å². The number of sulfonamides is 2. The molecule has 0 radical (unpaired) electrons. The summed E-state index contributed by atoms with van der Waals surface area (Å²) in [5.74, 6) is 0. The fraction of sp³-hybridized carbons (Fsp3) is 0.250. The second-order valence-electron chi connectivity index (χ2n) is 3.42. The fourth-order valence-corrected chi connectivity index (χ4v) is 3.09. The molecule has 2 N–H and O–H groups in total. The van der Waals surface area contributed by atoms with Gasteiger partial charge in [-0.1, -0.05) is 0 Å². The molecule has 16 heavy (non-hydrogen) atoms. The summed E-state index contributed by atoms with van der Waals surface area (Å²) < 4.78 is 46.6. The molecule has 1 aliphatic rings. The number of benzene rings is 1. The van der Waals surface area contributed by atoms with Gasteiger partial charge >= 0.3 is 0 Å². The molecule has 0 atom stereocenters. The molecule has 2 rings (SSSR count). The largest absolute Gasteiger partial charge is 0.243 e. The summed E-state index contributed by atoms with van der Waals surface area (Å²) in [6.45, 7) is 1.03. The molecule has 1 aromatic rings. The molecule has 1 saturated heterocycles. The number of primary sulfonamides is 1. The average Bonchev–Trinajstić information content (AvgIpc) is 3.00. The smallest absolute Gasteiger partial charge is 0.225 e. The summed E-state index contributed by atoms with van der Waals surface area (Å²) in [7, 11) is -7.21. The van der Waals surface area contributed by atoms with Gasteiger partial charge in [0.25, 0.3) is 0 Å². The molecule has 0 spiro atoms. The highest BCUT2D eigenvalue weighted by molar-refractivity contribution is 7.89. The molecule has 0 amide bonds. The van der Waals surface area contributed by atoms with Crippen molar-refractivity contribution in [3.63, 3.8) is 0 Å². The molecule has 0 saturated carbocycles. The van der Waals surface area contributed by atoms with Crippen molar-refractivity contribution in [2.24, 2.45) is 5.14 Å². The van der Waals surface area contributed by atoms with Gasteiger partial charge in [-0.25, -0.2) is 22.0 Å². The zero-order valence-electron chi connectivity index (χ0n) is 8.20. The Morgan fingerprint density at radius 2 is 1.38 bits per heavy atom. The third-order valence-corrected chi connectivity index (χ3v) is 5.04. The Hall–Kier alpha value is -0.960. The number of hydrogen-bond acceptors (Lipinski definition) is 4. The molecule has 88 valence electrons. The first kappa shape index (κ1) is 11.5. The first-order chi connectivity index (χ1) is 7.32. The molecule has 1 fully saturated rings. The second-order valence-corrected chi connectivity index (χ2v) is 6.92. The number of nitrogens with zero attached hydrogens (tertiary/aromatic N) is 1. The lowest BCUT2D eigenvalue weighted by Crippen LogP contribution is -2.14. The second kappa shape index (κ2) is 3.52. The van der Waals surface area contributed by atoms with Crippen LogP contribution in [0.25, 0.3) is 0 Å². The Bertz CT molecular complexity index is 600. The van der Waals surface area contributed by atoms with E-state index in [4.69, 9.17) is 5.14 Å². The highest BCUT2D eigenvalue weighted by atomic mass is 32.2. The van der Waals surface area contributed by atoms with E-state index in [1.807, 2.05) is 0 Å². The third-order valence-electron chi connectivity index (χ3n) is 2.20. The highest BCUT2D eigenvalue weighted by Crippen LogP contribution is 2.22. The van der Waals surface area contributed by atoms with E-state index in [0.29, 0.717) is 13.1 Å². The van der Waals surface area contributed by atoms with E-state index in [-0.39, 0.29) is 9.79 Å². The van der Waals surface area contributed by atoms with Crippen LogP contribution in [0.2, 0.25) is 0 Å². The number of hydrogen-bond donors (Lipinski definition) is 1. The van der Waals surface area contributed by atoms with Crippen LogP contribution in [0.5, 0.6) is 0 Å². The van der Waals surface area contributed by atoms with E-state index in [1.165, 1.54) is 28.6 Å². The van der Waals surface area contributed by atoms with Crippen LogP contribution in [0, 0.1) is 0 Å². The molecule has 6 nitrogen and oxygen atoms in total. The van der Waals surface area contributed by atoms with Crippen molar-refractivity contribution < 1.29 is 16.8 Å². The van der Waals surface area contributed by atoms with Crippen LogP contribution in [0.3, 0.4) is 0 Å². The van der Waals surface area contributed by atoms with Crippen LogP contribution >= 0.6 is 0 Å². The van der Waals surface area contributed by atoms with Gasteiger partial charge in [0.1, 0.15) is 0 Å². The van der Waals surface area contributed by atoms with Crippen molar-refractivity contribution in [1.82, 2.24) is 4.31 Å². The minimum atomic E-state index is -3.78. The Balaban J connectivity index is 2.40. The van der Waals surface area contributed by atoms with Crippen LogP contribution in [0.15, 0.2) is 34.1 Å². The van der Waals surface area contributed by atoms with Crippen LogP contribution in [0.4, 0.5) is 0 Å². The maximum atomic E-state index is 11.7. The molecule has 1 aromatic carbocycles. The third kappa shape index (κ3) is 2.09. The lowest BCUT2D eigenvalue weighted by atomic mass is 10.4. The van der Waals surface area contributed by atoms with Crippen LogP contribution in [-0.4, -0.2) is 34.2 Å². The lowest BCUT2D eigenvalue weighted by Gasteiger charge is -2.04. The minimum absolute atomic E-state index is 0.0809. The van der Waals surface area contributed by atoms with Crippen LogP contribution in [-0.2, 0) is 20.0 Å². The molecule has 0 aromatic heterocycles. The van der Waals surface area contributed by atoms with Crippen molar-refractivity contribution in [2.75, 3.05) is 13.1 Å². The van der Waals surface area contributed by atoms with Gasteiger partial charge in [-0.05, 0) is 24.3 Å². The highest BCUT2D eigenvalue weighted by Gasteiger charge is 2.33. The van der Waals surface area contributed by atoms with Crippen molar-refractivity contribution >= 4 is 20.0 Å². The maximum Gasteiger partial charge on any atom is 0.243 e. The molecular weight excluding hydrogens is 252 g/mol. The topological polar surface area (TPSA) is 97.3 Å². The van der Waals surface area contributed by atoms with Gasteiger partial charge in [-0.15, -0.1) is 0 Å². The average molecular weight is 262 g/mol. The van der Waals surface area contributed by atoms with Gasteiger partial charge in [0.2, 0.25) is 20.0 Å². The first-order valence-electron chi connectivity index (χ1n) is 4.45. The van der Waals surface area contributed by atoms with Crippen LogP contribution < -0.4 is 5.14 Å². The molecule has 0 aliphatic carbocycles.